The Labute approximate surface area is 193 Å². The summed E-state index contributed by atoms with van der Waals surface area (Å²) in [7, 11) is 0. The SMILES string of the molecule is O=C(CN1C(=O)S/C(=C\c2ccc(-c3ccccc3)o2)C1=O)Nc1cccc2ccccc12. The molecule has 4 aromatic rings. The van der Waals surface area contributed by atoms with E-state index in [0.29, 0.717) is 17.2 Å². The minimum absolute atomic E-state index is 0.215. The van der Waals surface area contributed by atoms with Gasteiger partial charge in [-0.1, -0.05) is 66.7 Å². The zero-order valence-corrected chi connectivity index (χ0v) is 18.2. The van der Waals surface area contributed by atoms with Crippen molar-refractivity contribution in [1.29, 1.82) is 0 Å². The smallest absolute Gasteiger partial charge is 0.294 e. The van der Waals surface area contributed by atoms with Crippen LogP contribution in [0.1, 0.15) is 5.76 Å². The Morgan fingerprint density at radius 1 is 0.909 bits per heavy atom. The third-order valence-corrected chi connectivity index (χ3v) is 6.10. The number of fused-ring (bicyclic) bond motifs is 1. The maximum Gasteiger partial charge on any atom is 0.294 e. The highest BCUT2D eigenvalue weighted by Crippen LogP contribution is 2.33. The second-order valence-electron chi connectivity index (χ2n) is 7.41. The number of hydrogen-bond acceptors (Lipinski definition) is 5. The van der Waals surface area contributed by atoms with E-state index in [4.69, 9.17) is 4.42 Å². The lowest BCUT2D eigenvalue weighted by atomic mass is 10.1. The first-order valence-corrected chi connectivity index (χ1v) is 11.1. The van der Waals surface area contributed by atoms with Crippen molar-refractivity contribution in [2.45, 2.75) is 0 Å². The van der Waals surface area contributed by atoms with Crippen LogP contribution < -0.4 is 5.32 Å². The quantitative estimate of drug-likeness (QED) is 0.387. The average Bonchev–Trinajstić information content (AvgIpc) is 3.40. The third kappa shape index (κ3) is 4.31. The highest BCUT2D eigenvalue weighted by atomic mass is 32.2. The zero-order chi connectivity index (χ0) is 22.8. The number of nitrogens with one attached hydrogen (secondary N) is 1. The van der Waals surface area contributed by atoms with Crippen LogP contribution in [0.2, 0.25) is 0 Å². The van der Waals surface area contributed by atoms with Crippen LogP contribution in [0.25, 0.3) is 28.2 Å². The van der Waals surface area contributed by atoms with E-state index in [1.54, 1.807) is 12.1 Å². The minimum atomic E-state index is -0.518. The predicted octanol–water partition coefficient (Wildman–Crippen LogP) is 5.77. The lowest BCUT2D eigenvalue weighted by molar-refractivity contribution is -0.127. The van der Waals surface area contributed by atoms with Crippen molar-refractivity contribution >= 4 is 51.4 Å². The first-order chi connectivity index (χ1) is 16.1. The number of amides is 3. The molecule has 3 amide bonds. The summed E-state index contributed by atoms with van der Waals surface area (Å²) in [5.74, 6) is 0.158. The molecule has 2 heterocycles. The third-order valence-electron chi connectivity index (χ3n) is 5.20. The largest absolute Gasteiger partial charge is 0.457 e. The lowest BCUT2D eigenvalue weighted by Crippen LogP contribution is -2.36. The van der Waals surface area contributed by atoms with Crippen LogP contribution in [0, 0.1) is 0 Å². The van der Waals surface area contributed by atoms with Gasteiger partial charge < -0.3 is 9.73 Å². The monoisotopic (exact) mass is 454 g/mol. The van der Waals surface area contributed by atoms with Gasteiger partial charge in [0.2, 0.25) is 5.91 Å². The highest BCUT2D eigenvalue weighted by molar-refractivity contribution is 8.18. The van der Waals surface area contributed by atoms with E-state index in [2.05, 4.69) is 5.32 Å². The fraction of sp³-hybridized carbons (Fsp3) is 0.0385. The van der Waals surface area contributed by atoms with Crippen molar-refractivity contribution in [3.8, 4) is 11.3 Å². The van der Waals surface area contributed by atoms with Gasteiger partial charge in [-0.3, -0.25) is 19.3 Å². The maximum atomic E-state index is 12.8. The Hall–Kier alpha value is -4.10. The standard InChI is InChI=1S/C26H18N2O4S/c29-24(27-21-12-6-10-17-7-4-5-11-20(17)21)16-28-25(30)23(33-26(28)31)15-19-13-14-22(32-19)18-8-2-1-3-9-18/h1-15H,16H2,(H,27,29)/b23-15-. The van der Waals surface area contributed by atoms with Crippen LogP contribution in [0.5, 0.6) is 0 Å². The first kappa shape index (κ1) is 20.8. The molecule has 0 bridgehead atoms. The number of thioether (sulfide) groups is 1. The van der Waals surface area contributed by atoms with Gasteiger partial charge in [-0.25, -0.2) is 0 Å². The van der Waals surface area contributed by atoms with Crippen molar-refractivity contribution in [2.24, 2.45) is 0 Å². The van der Waals surface area contributed by atoms with E-state index in [-0.39, 0.29) is 11.4 Å². The summed E-state index contributed by atoms with van der Waals surface area (Å²) in [5.41, 5.74) is 1.54. The Bertz CT molecular complexity index is 1400. The summed E-state index contributed by atoms with van der Waals surface area (Å²) >= 11 is 0.791. The summed E-state index contributed by atoms with van der Waals surface area (Å²) < 4.78 is 5.80. The van der Waals surface area contributed by atoms with Gasteiger partial charge in [-0.15, -0.1) is 0 Å². The molecule has 0 aliphatic carbocycles. The van der Waals surface area contributed by atoms with Crippen LogP contribution in [0.15, 0.2) is 94.3 Å². The average molecular weight is 455 g/mol. The molecule has 1 aromatic heterocycles. The summed E-state index contributed by atoms with van der Waals surface area (Å²) in [4.78, 5) is 39.0. The second kappa shape index (κ2) is 8.80. The maximum absolute atomic E-state index is 12.8. The van der Waals surface area contributed by atoms with Gasteiger partial charge in [-0.05, 0) is 35.3 Å². The molecule has 3 aromatic carbocycles. The molecule has 0 unspecified atom stereocenters. The number of nitrogens with zero attached hydrogens (tertiary/aromatic N) is 1. The number of carbonyl (C=O) groups is 3. The number of hydrogen-bond donors (Lipinski definition) is 1. The number of benzene rings is 3. The number of furan rings is 1. The van der Waals surface area contributed by atoms with E-state index in [9.17, 15) is 14.4 Å². The van der Waals surface area contributed by atoms with Gasteiger partial charge >= 0.3 is 0 Å². The summed E-state index contributed by atoms with van der Waals surface area (Å²) in [5, 5.41) is 4.18. The molecule has 1 N–H and O–H groups in total. The topological polar surface area (TPSA) is 79.6 Å². The second-order valence-corrected chi connectivity index (χ2v) is 8.40. The molecule has 1 saturated heterocycles. The van der Waals surface area contributed by atoms with Gasteiger partial charge in [0, 0.05) is 22.7 Å². The molecule has 1 aliphatic rings. The number of anilines is 1. The molecule has 33 heavy (non-hydrogen) atoms. The molecule has 0 radical (unpaired) electrons. The van der Waals surface area contributed by atoms with Crippen LogP contribution in [-0.4, -0.2) is 28.5 Å². The van der Waals surface area contributed by atoms with Gasteiger partial charge in [0.15, 0.2) is 0 Å². The minimum Gasteiger partial charge on any atom is -0.457 e. The van der Waals surface area contributed by atoms with Gasteiger partial charge in [0.05, 0.1) is 4.91 Å². The Kier molecular flexibility index (Phi) is 5.54. The normalized spacial score (nSPS) is 14.9. The highest BCUT2D eigenvalue weighted by Gasteiger charge is 2.36. The van der Waals surface area contributed by atoms with E-state index in [1.807, 2.05) is 72.8 Å². The molecule has 1 fully saturated rings. The molecular weight excluding hydrogens is 436 g/mol. The Morgan fingerprint density at radius 3 is 2.52 bits per heavy atom. The molecule has 1 aliphatic heterocycles. The van der Waals surface area contributed by atoms with E-state index < -0.39 is 17.1 Å². The zero-order valence-electron chi connectivity index (χ0n) is 17.4. The molecular formula is C26H18N2O4S. The summed E-state index contributed by atoms with van der Waals surface area (Å²) in [6, 6.07) is 26.4. The van der Waals surface area contributed by atoms with E-state index >= 15 is 0 Å². The Balaban J connectivity index is 1.29. The summed E-state index contributed by atoms with van der Waals surface area (Å²) in [6.45, 7) is -0.362. The fourth-order valence-corrected chi connectivity index (χ4v) is 4.44. The summed E-state index contributed by atoms with van der Waals surface area (Å²) in [6.07, 6.45) is 1.53. The number of rotatable bonds is 5. The van der Waals surface area contributed by atoms with Gasteiger partial charge in [-0.2, -0.15) is 0 Å². The van der Waals surface area contributed by atoms with Gasteiger partial charge in [0.25, 0.3) is 11.1 Å². The van der Waals surface area contributed by atoms with E-state index in [1.165, 1.54) is 6.08 Å². The van der Waals surface area contributed by atoms with Crippen LogP contribution in [0.4, 0.5) is 10.5 Å². The van der Waals surface area contributed by atoms with Crippen LogP contribution in [-0.2, 0) is 9.59 Å². The van der Waals surface area contributed by atoms with Crippen molar-refractivity contribution in [2.75, 3.05) is 11.9 Å². The Morgan fingerprint density at radius 2 is 1.67 bits per heavy atom. The molecule has 7 heteroatoms. The van der Waals surface area contributed by atoms with Crippen molar-refractivity contribution in [3.63, 3.8) is 0 Å². The van der Waals surface area contributed by atoms with Crippen molar-refractivity contribution in [1.82, 2.24) is 4.90 Å². The van der Waals surface area contributed by atoms with Crippen LogP contribution >= 0.6 is 11.8 Å². The molecule has 0 atom stereocenters. The van der Waals surface area contributed by atoms with Crippen LogP contribution in [0.3, 0.4) is 0 Å². The fourth-order valence-electron chi connectivity index (χ4n) is 3.62. The van der Waals surface area contributed by atoms with E-state index in [0.717, 1.165) is 33.0 Å². The molecule has 162 valence electrons. The molecule has 6 nitrogen and oxygen atoms in total. The van der Waals surface area contributed by atoms with Gasteiger partial charge in [0.1, 0.15) is 18.1 Å². The first-order valence-electron chi connectivity index (χ1n) is 10.3. The molecule has 0 saturated carbocycles. The molecule has 0 spiro atoms. The number of imide groups is 1. The lowest BCUT2D eigenvalue weighted by Gasteiger charge is -2.13. The number of carbonyl (C=O) groups excluding carboxylic acids is 3. The predicted molar refractivity (Wildman–Crippen MR) is 129 cm³/mol. The van der Waals surface area contributed by atoms with Crippen molar-refractivity contribution < 1.29 is 18.8 Å². The molecule has 5 rings (SSSR count). The van der Waals surface area contributed by atoms with Crippen molar-refractivity contribution in [3.05, 3.63) is 95.6 Å².